The predicted molar refractivity (Wildman–Crippen MR) is 79.4 cm³/mol. The fourth-order valence-corrected chi connectivity index (χ4v) is 3.31. The van der Waals surface area contributed by atoms with Crippen molar-refractivity contribution in [3.8, 4) is 0 Å². The zero-order chi connectivity index (χ0) is 14.5. The number of likely N-dealkylation sites (tertiary alicyclic amines) is 2. The molecule has 2 N–H and O–H groups in total. The Hall–Kier alpha value is -0.650. The van der Waals surface area contributed by atoms with Crippen LogP contribution in [0, 0.1) is 5.92 Å². The maximum Gasteiger partial charge on any atom is 0.309 e. The van der Waals surface area contributed by atoms with Crippen LogP contribution in [0.5, 0.6) is 0 Å². The molecule has 2 aliphatic heterocycles. The van der Waals surface area contributed by atoms with Crippen molar-refractivity contribution in [2.24, 2.45) is 11.7 Å². The van der Waals surface area contributed by atoms with Crippen LogP contribution in [0.1, 0.15) is 33.1 Å². The summed E-state index contributed by atoms with van der Waals surface area (Å²) < 4.78 is 5.08. The third-order valence-electron chi connectivity index (χ3n) is 4.56. The number of carbonyl (C=O) groups is 1. The SMILES string of the molecule is CCOC(=O)C(C)CN1CCC(N2CCC(N)CC2)C1. The van der Waals surface area contributed by atoms with Crippen LogP contribution in [0.15, 0.2) is 0 Å². The standard InChI is InChI=1S/C15H29N3O2/c1-3-20-15(19)12(2)10-17-7-6-14(11-17)18-8-4-13(16)5-9-18/h12-14H,3-11,16H2,1-2H3. The quantitative estimate of drug-likeness (QED) is 0.752. The summed E-state index contributed by atoms with van der Waals surface area (Å²) >= 11 is 0. The number of rotatable bonds is 5. The van der Waals surface area contributed by atoms with Crippen LogP contribution >= 0.6 is 0 Å². The smallest absolute Gasteiger partial charge is 0.309 e. The van der Waals surface area contributed by atoms with Crippen LogP contribution in [0.2, 0.25) is 0 Å². The molecule has 0 bridgehead atoms. The van der Waals surface area contributed by atoms with E-state index in [1.807, 2.05) is 13.8 Å². The average molecular weight is 283 g/mol. The van der Waals surface area contributed by atoms with Gasteiger partial charge in [0.1, 0.15) is 0 Å². The summed E-state index contributed by atoms with van der Waals surface area (Å²) in [6.07, 6.45) is 3.45. The van der Waals surface area contributed by atoms with Gasteiger partial charge in [-0.05, 0) is 45.8 Å². The summed E-state index contributed by atoms with van der Waals surface area (Å²) in [5, 5.41) is 0. The second-order valence-corrected chi connectivity index (χ2v) is 6.23. The molecule has 2 heterocycles. The lowest BCUT2D eigenvalue weighted by Gasteiger charge is -2.34. The Morgan fingerprint density at radius 2 is 2.00 bits per heavy atom. The lowest BCUT2D eigenvalue weighted by molar-refractivity contribution is -0.147. The Kier molecular flexibility index (Phi) is 5.81. The summed E-state index contributed by atoms with van der Waals surface area (Å²) in [5.41, 5.74) is 5.96. The number of hydrogen-bond acceptors (Lipinski definition) is 5. The number of esters is 1. The highest BCUT2D eigenvalue weighted by Crippen LogP contribution is 2.20. The Morgan fingerprint density at radius 3 is 2.65 bits per heavy atom. The number of piperidine rings is 1. The molecule has 5 heteroatoms. The molecule has 2 fully saturated rings. The summed E-state index contributed by atoms with van der Waals surface area (Å²) in [5.74, 6) is -0.0941. The number of hydrogen-bond donors (Lipinski definition) is 1. The van der Waals surface area contributed by atoms with Gasteiger partial charge in [-0.3, -0.25) is 9.69 Å². The van der Waals surface area contributed by atoms with Crippen LogP contribution < -0.4 is 5.73 Å². The van der Waals surface area contributed by atoms with E-state index in [9.17, 15) is 4.79 Å². The minimum Gasteiger partial charge on any atom is -0.466 e. The molecule has 0 aromatic heterocycles. The Labute approximate surface area is 122 Å². The van der Waals surface area contributed by atoms with Crippen molar-refractivity contribution < 1.29 is 9.53 Å². The molecule has 20 heavy (non-hydrogen) atoms. The molecule has 116 valence electrons. The number of nitrogens with two attached hydrogens (primary N) is 1. The largest absolute Gasteiger partial charge is 0.466 e. The van der Waals surface area contributed by atoms with Gasteiger partial charge in [-0.15, -0.1) is 0 Å². The molecular formula is C15H29N3O2. The van der Waals surface area contributed by atoms with E-state index >= 15 is 0 Å². The van der Waals surface area contributed by atoms with Gasteiger partial charge in [0.2, 0.25) is 0 Å². The van der Waals surface area contributed by atoms with Crippen molar-refractivity contribution in [2.75, 3.05) is 39.3 Å². The minimum atomic E-state index is -0.0695. The van der Waals surface area contributed by atoms with E-state index in [1.54, 1.807) is 0 Å². The van der Waals surface area contributed by atoms with Crippen LogP contribution in [-0.2, 0) is 9.53 Å². The van der Waals surface area contributed by atoms with E-state index < -0.39 is 0 Å². The molecule has 0 aliphatic carbocycles. The van der Waals surface area contributed by atoms with Crippen LogP contribution in [0.3, 0.4) is 0 Å². The van der Waals surface area contributed by atoms with Gasteiger partial charge in [-0.2, -0.15) is 0 Å². The van der Waals surface area contributed by atoms with Gasteiger partial charge in [-0.1, -0.05) is 6.92 Å². The van der Waals surface area contributed by atoms with Crippen LogP contribution in [0.4, 0.5) is 0 Å². The summed E-state index contributed by atoms with van der Waals surface area (Å²) in [4.78, 5) is 16.7. The third-order valence-corrected chi connectivity index (χ3v) is 4.56. The zero-order valence-corrected chi connectivity index (χ0v) is 12.9. The number of carbonyl (C=O) groups excluding carboxylic acids is 1. The van der Waals surface area contributed by atoms with Gasteiger partial charge in [0, 0.05) is 25.2 Å². The van der Waals surface area contributed by atoms with Crippen molar-refractivity contribution in [2.45, 2.75) is 45.2 Å². The van der Waals surface area contributed by atoms with Gasteiger partial charge in [0.15, 0.2) is 0 Å². The Bertz CT molecular complexity index is 316. The van der Waals surface area contributed by atoms with Crippen molar-refractivity contribution >= 4 is 5.97 Å². The molecule has 2 rings (SSSR count). The van der Waals surface area contributed by atoms with E-state index in [-0.39, 0.29) is 11.9 Å². The molecule has 0 aromatic rings. The molecule has 0 radical (unpaired) electrons. The molecular weight excluding hydrogens is 254 g/mol. The molecule has 5 nitrogen and oxygen atoms in total. The summed E-state index contributed by atoms with van der Waals surface area (Å²) in [6, 6.07) is 1.05. The lowest BCUT2D eigenvalue weighted by atomic mass is 10.0. The Morgan fingerprint density at radius 1 is 1.30 bits per heavy atom. The van der Waals surface area contributed by atoms with Gasteiger partial charge >= 0.3 is 5.97 Å². The topological polar surface area (TPSA) is 58.8 Å². The first-order valence-corrected chi connectivity index (χ1v) is 7.98. The number of ether oxygens (including phenoxy) is 1. The maximum absolute atomic E-state index is 11.7. The fraction of sp³-hybridized carbons (Fsp3) is 0.933. The minimum absolute atomic E-state index is 0.0246. The highest BCUT2D eigenvalue weighted by molar-refractivity contribution is 5.72. The summed E-state index contributed by atoms with van der Waals surface area (Å²) in [6.45, 7) is 9.56. The molecule has 0 saturated carbocycles. The normalized spacial score (nSPS) is 27.6. The molecule has 0 aromatic carbocycles. The van der Waals surface area contributed by atoms with E-state index in [0.717, 1.165) is 45.6 Å². The van der Waals surface area contributed by atoms with Gasteiger partial charge < -0.3 is 15.4 Å². The van der Waals surface area contributed by atoms with Crippen molar-refractivity contribution in [1.29, 1.82) is 0 Å². The molecule has 2 aliphatic rings. The van der Waals surface area contributed by atoms with Crippen molar-refractivity contribution in [1.82, 2.24) is 9.80 Å². The highest BCUT2D eigenvalue weighted by atomic mass is 16.5. The monoisotopic (exact) mass is 283 g/mol. The second-order valence-electron chi connectivity index (χ2n) is 6.23. The van der Waals surface area contributed by atoms with Gasteiger partial charge in [0.25, 0.3) is 0 Å². The first kappa shape index (κ1) is 15.7. The molecule has 0 spiro atoms. The van der Waals surface area contributed by atoms with Crippen molar-refractivity contribution in [3.63, 3.8) is 0 Å². The molecule has 2 atom stereocenters. The Balaban J connectivity index is 1.73. The predicted octanol–water partition coefficient (Wildman–Crippen LogP) is 0.683. The molecule has 2 saturated heterocycles. The van der Waals surface area contributed by atoms with Crippen molar-refractivity contribution in [3.05, 3.63) is 0 Å². The molecule has 0 amide bonds. The van der Waals surface area contributed by atoms with Gasteiger partial charge in [0.05, 0.1) is 12.5 Å². The average Bonchev–Trinajstić information content (AvgIpc) is 2.88. The van der Waals surface area contributed by atoms with E-state index in [0.29, 0.717) is 18.7 Å². The van der Waals surface area contributed by atoms with Gasteiger partial charge in [-0.25, -0.2) is 0 Å². The lowest BCUT2D eigenvalue weighted by Crippen LogP contribution is -2.46. The van der Waals surface area contributed by atoms with E-state index in [1.165, 1.54) is 6.42 Å². The summed E-state index contributed by atoms with van der Waals surface area (Å²) in [7, 11) is 0. The van der Waals surface area contributed by atoms with Crippen LogP contribution in [0.25, 0.3) is 0 Å². The fourth-order valence-electron chi connectivity index (χ4n) is 3.31. The number of nitrogens with zero attached hydrogens (tertiary/aromatic N) is 2. The maximum atomic E-state index is 11.7. The van der Waals surface area contributed by atoms with Crippen LogP contribution in [-0.4, -0.2) is 67.2 Å². The second kappa shape index (κ2) is 7.38. The zero-order valence-electron chi connectivity index (χ0n) is 12.9. The first-order valence-electron chi connectivity index (χ1n) is 7.98. The third kappa shape index (κ3) is 4.17. The highest BCUT2D eigenvalue weighted by Gasteiger charge is 2.31. The van der Waals surface area contributed by atoms with E-state index in [4.69, 9.17) is 10.5 Å². The molecule has 2 unspecified atom stereocenters. The van der Waals surface area contributed by atoms with E-state index in [2.05, 4.69) is 9.80 Å². The first-order chi connectivity index (χ1) is 9.60.